The van der Waals surface area contributed by atoms with Crippen LogP contribution in [0.15, 0.2) is 66.9 Å². The van der Waals surface area contributed by atoms with E-state index in [1.165, 1.54) is 0 Å². The smallest absolute Gasteiger partial charge is 0.275 e. The highest BCUT2D eigenvalue weighted by Gasteiger charge is 2.14. The van der Waals surface area contributed by atoms with Crippen LogP contribution in [0.5, 0.6) is 0 Å². The summed E-state index contributed by atoms with van der Waals surface area (Å²) in [4.78, 5) is 26.8. The van der Waals surface area contributed by atoms with Crippen molar-refractivity contribution >= 4 is 28.0 Å². The lowest BCUT2D eigenvalue weighted by Gasteiger charge is -2.11. The van der Waals surface area contributed by atoms with Crippen LogP contribution in [0.3, 0.4) is 0 Å². The van der Waals surface area contributed by atoms with E-state index >= 15 is 0 Å². The molecule has 1 atom stereocenters. The zero-order valence-electron chi connectivity index (χ0n) is 19.3. The average Bonchev–Trinajstić information content (AvgIpc) is 3.26. The highest BCUT2D eigenvalue weighted by atomic mass is 16.7. The molecule has 0 bridgehead atoms. The number of hydroxylamine groups is 1. The molecule has 0 fully saturated rings. The number of carbonyl (C=O) groups excluding carboxylic acids is 1. The Bertz CT molecular complexity index is 1520. The second kappa shape index (κ2) is 9.57. The number of rotatable bonds is 7. The predicted octanol–water partition coefficient (Wildman–Crippen LogP) is 3.44. The van der Waals surface area contributed by atoms with Crippen molar-refractivity contribution in [3.63, 3.8) is 0 Å². The number of hydrogen-bond donors (Lipinski definition) is 2. The maximum absolute atomic E-state index is 12.4. The van der Waals surface area contributed by atoms with Gasteiger partial charge in [-0.25, -0.2) is 15.1 Å². The summed E-state index contributed by atoms with van der Waals surface area (Å²) >= 11 is 0. The number of para-hydroxylation sites is 1. The third-order valence-corrected chi connectivity index (χ3v) is 5.65. The highest BCUT2D eigenvalue weighted by Crippen LogP contribution is 2.24. The number of aliphatic hydroxyl groups is 1. The van der Waals surface area contributed by atoms with E-state index in [0.717, 1.165) is 33.3 Å². The number of nitrogens with one attached hydrogen (secondary N) is 1. The number of pyridine rings is 2. The van der Waals surface area contributed by atoms with Crippen LogP contribution < -0.4 is 5.48 Å². The van der Waals surface area contributed by atoms with Crippen LogP contribution in [0, 0.1) is 6.92 Å². The third-order valence-electron chi connectivity index (χ3n) is 5.65. The van der Waals surface area contributed by atoms with E-state index in [9.17, 15) is 9.90 Å². The Morgan fingerprint density at radius 2 is 2.00 bits per heavy atom. The molecule has 35 heavy (non-hydrogen) atoms. The van der Waals surface area contributed by atoms with Crippen LogP contribution in [0.25, 0.3) is 33.3 Å². The molecule has 5 rings (SSSR count). The van der Waals surface area contributed by atoms with Gasteiger partial charge in [0.1, 0.15) is 12.1 Å². The Kier molecular flexibility index (Phi) is 6.17. The van der Waals surface area contributed by atoms with Crippen LogP contribution in [-0.4, -0.2) is 48.7 Å². The van der Waals surface area contributed by atoms with Crippen molar-refractivity contribution in [2.24, 2.45) is 0 Å². The first kappa shape index (κ1) is 22.6. The summed E-state index contributed by atoms with van der Waals surface area (Å²) in [6.07, 6.45) is 1.12. The molecule has 3 aromatic heterocycles. The van der Waals surface area contributed by atoms with Crippen molar-refractivity contribution in [3.8, 4) is 11.3 Å². The van der Waals surface area contributed by atoms with E-state index in [1.807, 2.05) is 61.5 Å². The normalized spacial score (nSPS) is 12.2. The van der Waals surface area contributed by atoms with Crippen LogP contribution >= 0.6 is 0 Å². The van der Waals surface area contributed by atoms with E-state index < -0.39 is 6.10 Å². The fraction of sp³-hybridized carbons (Fsp3) is 0.192. The summed E-state index contributed by atoms with van der Waals surface area (Å²) in [7, 11) is 0. The zero-order valence-corrected chi connectivity index (χ0v) is 19.3. The lowest BCUT2D eigenvalue weighted by Crippen LogP contribution is -2.27. The van der Waals surface area contributed by atoms with E-state index in [0.29, 0.717) is 23.3 Å². The maximum Gasteiger partial charge on any atom is 0.275 e. The van der Waals surface area contributed by atoms with Gasteiger partial charge in [0, 0.05) is 22.7 Å². The van der Waals surface area contributed by atoms with Gasteiger partial charge < -0.3 is 5.11 Å². The molecule has 9 nitrogen and oxygen atoms in total. The molecule has 176 valence electrons. The molecule has 0 aliphatic carbocycles. The summed E-state index contributed by atoms with van der Waals surface area (Å²) in [5, 5.41) is 18.9. The van der Waals surface area contributed by atoms with Crippen molar-refractivity contribution in [2.75, 3.05) is 6.61 Å². The van der Waals surface area contributed by atoms with Crippen molar-refractivity contribution in [1.82, 2.24) is 30.4 Å². The average molecular weight is 469 g/mol. The first-order valence-corrected chi connectivity index (χ1v) is 11.2. The quantitative estimate of drug-likeness (QED) is 0.352. The third kappa shape index (κ3) is 4.72. The number of carbonyl (C=O) groups is 1. The number of benzene rings is 2. The van der Waals surface area contributed by atoms with Gasteiger partial charge in [0.25, 0.3) is 5.91 Å². The van der Waals surface area contributed by atoms with Crippen molar-refractivity contribution in [2.45, 2.75) is 26.5 Å². The minimum Gasteiger partial charge on any atom is -0.391 e. The lowest BCUT2D eigenvalue weighted by atomic mass is 10.0. The van der Waals surface area contributed by atoms with Gasteiger partial charge in [-0.05, 0) is 55.3 Å². The first-order valence-electron chi connectivity index (χ1n) is 11.2. The van der Waals surface area contributed by atoms with Gasteiger partial charge in [-0.1, -0.05) is 35.5 Å². The number of nitrogens with zero attached hydrogens (tertiary/aromatic N) is 5. The standard InChI is InChI=1S/C26H24N6O3/c1-16-13-19(8-9-21(16)26(34)30-35-15-17(2)33)22-10-11-23-25(28-22)32(31-29-23)14-20-6-3-5-18-7-4-12-27-24(18)20/h3-13,17,33H,14-15H2,1-2H3,(H,30,34)/t17-/m0/s1. The molecule has 1 amide bonds. The number of aromatic nitrogens is 5. The molecule has 2 N–H and O–H groups in total. The van der Waals surface area contributed by atoms with E-state index in [-0.39, 0.29) is 12.5 Å². The molecular weight excluding hydrogens is 444 g/mol. The van der Waals surface area contributed by atoms with E-state index in [1.54, 1.807) is 23.9 Å². The SMILES string of the molecule is Cc1cc(-c2ccc3nnn(Cc4cccc5cccnc45)c3n2)ccc1C(=O)NOC[C@H](C)O. The van der Waals surface area contributed by atoms with Gasteiger partial charge >= 0.3 is 0 Å². The van der Waals surface area contributed by atoms with Gasteiger partial charge in [0.05, 0.1) is 23.9 Å². The summed E-state index contributed by atoms with van der Waals surface area (Å²) < 4.78 is 1.77. The molecule has 0 aliphatic rings. The zero-order chi connectivity index (χ0) is 24.4. The molecular formula is C26H24N6O3. The number of amides is 1. The fourth-order valence-corrected chi connectivity index (χ4v) is 3.94. The van der Waals surface area contributed by atoms with Crippen molar-refractivity contribution in [3.05, 3.63) is 83.6 Å². The molecule has 0 spiro atoms. The minimum atomic E-state index is -0.667. The minimum absolute atomic E-state index is 0.0172. The summed E-state index contributed by atoms with van der Waals surface area (Å²) in [6, 6.07) is 19.3. The first-order chi connectivity index (χ1) is 17.0. The maximum atomic E-state index is 12.4. The molecule has 5 aromatic rings. The van der Waals surface area contributed by atoms with Crippen molar-refractivity contribution in [1.29, 1.82) is 0 Å². The summed E-state index contributed by atoms with van der Waals surface area (Å²) in [5.74, 6) is -0.371. The molecule has 9 heteroatoms. The van der Waals surface area contributed by atoms with Crippen molar-refractivity contribution < 1.29 is 14.7 Å². The number of aryl methyl sites for hydroxylation is 1. The molecule has 0 saturated carbocycles. The Morgan fingerprint density at radius 1 is 1.14 bits per heavy atom. The monoisotopic (exact) mass is 468 g/mol. The van der Waals surface area contributed by atoms with E-state index in [2.05, 4.69) is 20.8 Å². The fourth-order valence-electron chi connectivity index (χ4n) is 3.94. The molecule has 0 unspecified atom stereocenters. The Labute approximate surface area is 201 Å². The molecule has 2 aromatic carbocycles. The Hall–Kier alpha value is -4.21. The number of fused-ring (bicyclic) bond motifs is 2. The van der Waals surface area contributed by atoms with Gasteiger partial charge in [-0.2, -0.15) is 0 Å². The predicted molar refractivity (Wildman–Crippen MR) is 131 cm³/mol. The summed E-state index contributed by atoms with van der Waals surface area (Å²) in [6.45, 7) is 3.94. The summed E-state index contributed by atoms with van der Waals surface area (Å²) in [5.41, 5.74) is 8.55. The van der Waals surface area contributed by atoms with Gasteiger partial charge in [-0.3, -0.25) is 14.6 Å². The number of hydrogen-bond acceptors (Lipinski definition) is 7. The second-order valence-corrected chi connectivity index (χ2v) is 8.40. The van der Waals surface area contributed by atoms with Crippen LogP contribution in [0.4, 0.5) is 0 Å². The van der Waals surface area contributed by atoms with Gasteiger partial charge in [0.2, 0.25) is 0 Å². The van der Waals surface area contributed by atoms with Crippen LogP contribution in [0.2, 0.25) is 0 Å². The largest absolute Gasteiger partial charge is 0.391 e. The topological polar surface area (TPSA) is 115 Å². The van der Waals surface area contributed by atoms with Gasteiger partial charge in [-0.15, -0.1) is 5.10 Å². The van der Waals surface area contributed by atoms with Crippen LogP contribution in [0.1, 0.15) is 28.4 Å². The Balaban J connectivity index is 1.42. The second-order valence-electron chi connectivity index (χ2n) is 8.40. The van der Waals surface area contributed by atoms with E-state index in [4.69, 9.17) is 9.82 Å². The molecule has 3 heterocycles. The highest BCUT2D eigenvalue weighted by molar-refractivity contribution is 5.95. The molecule has 0 aliphatic heterocycles. The molecule has 0 saturated heterocycles. The number of aliphatic hydroxyl groups excluding tert-OH is 1. The lowest BCUT2D eigenvalue weighted by molar-refractivity contribution is -0.00690. The van der Waals surface area contributed by atoms with Crippen LogP contribution in [-0.2, 0) is 11.4 Å². The molecule has 0 radical (unpaired) electrons. The Morgan fingerprint density at radius 3 is 2.83 bits per heavy atom. The van der Waals surface area contributed by atoms with Gasteiger partial charge in [0.15, 0.2) is 5.65 Å².